The molecule has 120 valence electrons. The minimum absolute atomic E-state index is 0.0117. The summed E-state index contributed by atoms with van der Waals surface area (Å²) in [6.07, 6.45) is 1.25. The number of benzene rings is 2. The molecule has 0 aliphatic carbocycles. The fourth-order valence-electron chi connectivity index (χ4n) is 2.67. The number of hydrazine groups is 1. The van der Waals surface area contributed by atoms with E-state index in [0.717, 1.165) is 42.7 Å². The van der Waals surface area contributed by atoms with E-state index in [9.17, 15) is 4.79 Å². The van der Waals surface area contributed by atoms with E-state index in [1.807, 2.05) is 54.6 Å². The van der Waals surface area contributed by atoms with Crippen LogP contribution in [0, 0.1) is 0 Å². The van der Waals surface area contributed by atoms with Crippen LogP contribution in [0.3, 0.4) is 0 Å². The minimum Gasteiger partial charge on any atom is -0.445 e. The summed E-state index contributed by atoms with van der Waals surface area (Å²) in [5.74, 6) is 0. The van der Waals surface area contributed by atoms with E-state index in [1.54, 1.807) is 0 Å². The van der Waals surface area contributed by atoms with Crippen molar-refractivity contribution in [2.45, 2.75) is 18.9 Å². The maximum absolute atomic E-state index is 11.9. The minimum atomic E-state index is -0.445. The van der Waals surface area contributed by atoms with Crippen molar-refractivity contribution in [2.24, 2.45) is 0 Å². The van der Waals surface area contributed by atoms with E-state index in [0.29, 0.717) is 0 Å². The van der Waals surface area contributed by atoms with Crippen molar-refractivity contribution in [1.82, 2.24) is 10.7 Å². The molecule has 2 aromatic rings. The molecule has 0 atom stereocenters. The van der Waals surface area contributed by atoms with E-state index in [-0.39, 0.29) is 6.10 Å². The van der Waals surface area contributed by atoms with Crippen molar-refractivity contribution in [3.8, 4) is 11.1 Å². The van der Waals surface area contributed by atoms with Crippen LogP contribution in [0.25, 0.3) is 11.1 Å². The van der Waals surface area contributed by atoms with Crippen LogP contribution in [-0.2, 0) is 4.74 Å². The molecule has 3 N–H and O–H groups in total. The maximum Gasteiger partial charge on any atom is 0.426 e. The van der Waals surface area contributed by atoms with Crippen LogP contribution >= 0.6 is 0 Å². The average molecular weight is 311 g/mol. The first-order valence-corrected chi connectivity index (χ1v) is 7.91. The number of hydrogen-bond donors (Lipinski definition) is 3. The van der Waals surface area contributed by atoms with E-state index < -0.39 is 6.09 Å². The van der Waals surface area contributed by atoms with Gasteiger partial charge in [0, 0.05) is 5.56 Å². The molecule has 5 nitrogen and oxygen atoms in total. The van der Waals surface area contributed by atoms with Gasteiger partial charge < -0.3 is 10.1 Å². The fourth-order valence-corrected chi connectivity index (χ4v) is 2.67. The Morgan fingerprint density at radius 2 is 1.70 bits per heavy atom. The van der Waals surface area contributed by atoms with Gasteiger partial charge in [0.05, 0.1) is 5.69 Å². The predicted octanol–water partition coefficient (Wildman–Crippen LogP) is 3.16. The maximum atomic E-state index is 11.9. The molecule has 0 spiro atoms. The zero-order valence-electron chi connectivity index (χ0n) is 12.9. The summed E-state index contributed by atoms with van der Waals surface area (Å²) in [4.78, 5) is 11.9. The second-order valence-corrected chi connectivity index (χ2v) is 5.52. The van der Waals surface area contributed by atoms with Crippen LogP contribution in [0.5, 0.6) is 0 Å². The highest BCUT2D eigenvalue weighted by molar-refractivity contribution is 5.79. The molecule has 0 unspecified atom stereocenters. The number of hydrogen-bond acceptors (Lipinski definition) is 4. The number of carbonyl (C=O) groups is 1. The van der Waals surface area contributed by atoms with Crippen molar-refractivity contribution in [2.75, 3.05) is 18.5 Å². The van der Waals surface area contributed by atoms with Gasteiger partial charge in [-0.05, 0) is 37.6 Å². The molecule has 0 radical (unpaired) electrons. The molecule has 1 aliphatic heterocycles. The third-order valence-electron chi connectivity index (χ3n) is 3.87. The first kappa shape index (κ1) is 15.4. The average Bonchev–Trinajstić information content (AvgIpc) is 2.62. The third kappa shape index (κ3) is 4.23. The summed E-state index contributed by atoms with van der Waals surface area (Å²) in [5.41, 5.74) is 8.53. The lowest BCUT2D eigenvalue weighted by molar-refractivity contribution is 0.0809. The second kappa shape index (κ2) is 7.65. The second-order valence-electron chi connectivity index (χ2n) is 5.52. The Morgan fingerprint density at radius 1 is 1.00 bits per heavy atom. The number of piperidine rings is 1. The van der Waals surface area contributed by atoms with Gasteiger partial charge in [-0.25, -0.2) is 10.2 Å². The van der Waals surface area contributed by atoms with E-state index >= 15 is 0 Å². The van der Waals surface area contributed by atoms with Gasteiger partial charge in [0.1, 0.15) is 6.10 Å². The molecule has 2 aromatic carbocycles. The molecule has 1 heterocycles. The predicted molar refractivity (Wildman–Crippen MR) is 91.0 cm³/mol. The lowest BCUT2D eigenvalue weighted by Crippen LogP contribution is -2.38. The van der Waals surface area contributed by atoms with Gasteiger partial charge in [-0.1, -0.05) is 48.5 Å². The highest BCUT2D eigenvalue weighted by Crippen LogP contribution is 2.26. The van der Waals surface area contributed by atoms with Crippen LogP contribution in [0.15, 0.2) is 54.6 Å². The normalized spacial score (nSPS) is 15.0. The number of nitrogens with one attached hydrogen (secondary N) is 3. The van der Waals surface area contributed by atoms with E-state index in [2.05, 4.69) is 16.2 Å². The van der Waals surface area contributed by atoms with E-state index in [1.165, 1.54) is 0 Å². The molecule has 0 bridgehead atoms. The molecular formula is C18H21N3O2. The highest BCUT2D eigenvalue weighted by Gasteiger charge is 2.17. The summed E-state index contributed by atoms with van der Waals surface area (Å²) in [5, 5.41) is 3.24. The summed E-state index contributed by atoms with van der Waals surface area (Å²) in [6.45, 7) is 1.78. The molecule has 1 aliphatic rings. The SMILES string of the molecule is O=C(NNc1ccccc1-c1ccccc1)OC1CCNCC1. The number of para-hydroxylation sites is 1. The van der Waals surface area contributed by atoms with Crippen LogP contribution in [-0.4, -0.2) is 25.3 Å². The van der Waals surface area contributed by atoms with Gasteiger partial charge in [0.2, 0.25) is 0 Å². The zero-order chi connectivity index (χ0) is 15.9. The molecule has 5 heteroatoms. The first-order valence-electron chi connectivity index (χ1n) is 7.91. The summed E-state index contributed by atoms with van der Waals surface area (Å²) in [7, 11) is 0. The molecule has 23 heavy (non-hydrogen) atoms. The van der Waals surface area contributed by atoms with Crippen molar-refractivity contribution in [3.63, 3.8) is 0 Å². The Bertz CT molecular complexity index is 640. The Morgan fingerprint density at radius 3 is 2.48 bits per heavy atom. The van der Waals surface area contributed by atoms with Gasteiger partial charge in [-0.2, -0.15) is 0 Å². The van der Waals surface area contributed by atoms with Gasteiger partial charge in [0.25, 0.3) is 0 Å². The highest BCUT2D eigenvalue weighted by atomic mass is 16.6. The van der Waals surface area contributed by atoms with Crippen LogP contribution in [0.1, 0.15) is 12.8 Å². The lowest BCUT2D eigenvalue weighted by Gasteiger charge is -2.23. The largest absolute Gasteiger partial charge is 0.445 e. The molecular weight excluding hydrogens is 290 g/mol. The smallest absolute Gasteiger partial charge is 0.426 e. The van der Waals surface area contributed by atoms with Gasteiger partial charge in [0.15, 0.2) is 0 Å². The number of carbonyl (C=O) groups excluding carboxylic acids is 1. The van der Waals surface area contributed by atoms with Crippen LogP contribution in [0.2, 0.25) is 0 Å². The topological polar surface area (TPSA) is 62.4 Å². The standard InChI is InChI=1S/C18H21N3O2/c22-18(23-15-10-12-19-13-11-15)21-20-17-9-5-4-8-16(17)14-6-2-1-3-7-14/h1-9,15,19-20H,10-13H2,(H,21,22). The first-order chi connectivity index (χ1) is 11.3. The van der Waals surface area contributed by atoms with Gasteiger partial charge in [-0.15, -0.1) is 0 Å². The van der Waals surface area contributed by atoms with Gasteiger partial charge in [-0.3, -0.25) is 5.43 Å². The van der Waals surface area contributed by atoms with Crippen LogP contribution in [0.4, 0.5) is 10.5 Å². The molecule has 0 aromatic heterocycles. The Labute approximate surface area is 136 Å². The van der Waals surface area contributed by atoms with Gasteiger partial charge >= 0.3 is 6.09 Å². The molecule has 1 saturated heterocycles. The lowest BCUT2D eigenvalue weighted by atomic mass is 10.0. The molecule has 1 amide bonds. The Hall–Kier alpha value is -2.53. The number of amides is 1. The van der Waals surface area contributed by atoms with Crippen molar-refractivity contribution in [1.29, 1.82) is 0 Å². The summed E-state index contributed by atoms with van der Waals surface area (Å²) >= 11 is 0. The fraction of sp³-hybridized carbons (Fsp3) is 0.278. The molecule has 1 fully saturated rings. The number of anilines is 1. The monoisotopic (exact) mass is 311 g/mol. The van der Waals surface area contributed by atoms with Crippen LogP contribution < -0.4 is 16.2 Å². The zero-order valence-corrected chi connectivity index (χ0v) is 12.9. The van der Waals surface area contributed by atoms with Crippen molar-refractivity contribution in [3.05, 3.63) is 54.6 Å². The number of ether oxygens (including phenoxy) is 1. The quantitative estimate of drug-likeness (QED) is 0.759. The van der Waals surface area contributed by atoms with Crippen molar-refractivity contribution < 1.29 is 9.53 Å². The number of rotatable bonds is 4. The molecule has 0 saturated carbocycles. The molecule has 3 rings (SSSR count). The summed E-state index contributed by atoms with van der Waals surface area (Å²) in [6, 6.07) is 17.9. The van der Waals surface area contributed by atoms with Crippen molar-refractivity contribution >= 4 is 11.8 Å². The third-order valence-corrected chi connectivity index (χ3v) is 3.87. The Balaban J connectivity index is 1.61. The summed E-state index contributed by atoms with van der Waals surface area (Å²) < 4.78 is 5.41. The van der Waals surface area contributed by atoms with E-state index in [4.69, 9.17) is 4.74 Å². The Kier molecular flexibility index (Phi) is 5.11.